The average molecular weight is 296 g/mol. The van der Waals surface area contributed by atoms with E-state index in [2.05, 4.69) is 42.8 Å². The topological polar surface area (TPSA) is 18.5 Å². The van der Waals surface area contributed by atoms with Gasteiger partial charge in [-0.2, -0.15) is 0 Å². The SMILES string of the molecule is CC(C)N1CCCC(N(CC2CCNCC2)C(C)C)CC1. The van der Waals surface area contributed by atoms with Crippen LogP contribution in [0, 0.1) is 5.92 Å². The maximum absolute atomic E-state index is 3.50. The van der Waals surface area contributed by atoms with Crippen molar-refractivity contribution < 1.29 is 0 Å². The third-order valence-corrected chi connectivity index (χ3v) is 5.52. The van der Waals surface area contributed by atoms with Gasteiger partial charge in [0.05, 0.1) is 0 Å². The van der Waals surface area contributed by atoms with Crippen molar-refractivity contribution in [1.29, 1.82) is 0 Å². The van der Waals surface area contributed by atoms with E-state index in [9.17, 15) is 0 Å². The van der Waals surface area contributed by atoms with Crippen LogP contribution in [0.2, 0.25) is 0 Å². The highest BCUT2D eigenvalue weighted by atomic mass is 15.2. The molecule has 0 spiro atoms. The van der Waals surface area contributed by atoms with Gasteiger partial charge in [-0.15, -0.1) is 0 Å². The van der Waals surface area contributed by atoms with Crippen molar-refractivity contribution in [3.63, 3.8) is 0 Å². The number of piperidine rings is 1. The first-order chi connectivity index (χ1) is 10.1. The summed E-state index contributed by atoms with van der Waals surface area (Å²) in [5.41, 5.74) is 0. The number of nitrogens with one attached hydrogen (secondary N) is 1. The molecule has 21 heavy (non-hydrogen) atoms. The Bertz CT molecular complexity index is 284. The normalized spacial score (nSPS) is 26.7. The van der Waals surface area contributed by atoms with Gasteiger partial charge in [-0.25, -0.2) is 0 Å². The van der Waals surface area contributed by atoms with E-state index >= 15 is 0 Å². The fraction of sp³-hybridized carbons (Fsp3) is 1.00. The monoisotopic (exact) mass is 295 g/mol. The molecule has 2 heterocycles. The highest BCUT2D eigenvalue weighted by molar-refractivity contribution is 4.83. The molecule has 1 unspecified atom stereocenters. The van der Waals surface area contributed by atoms with Gasteiger partial charge in [-0.1, -0.05) is 0 Å². The van der Waals surface area contributed by atoms with Crippen molar-refractivity contribution in [2.75, 3.05) is 32.7 Å². The molecule has 0 aromatic heterocycles. The molecule has 124 valence electrons. The summed E-state index contributed by atoms with van der Waals surface area (Å²) in [5, 5.41) is 3.50. The minimum Gasteiger partial charge on any atom is -0.317 e. The Morgan fingerprint density at radius 3 is 2.33 bits per heavy atom. The minimum absolute atomic E-state index is 0.690. The second kappa shape index (κ2) is 8.50. The second-order valence-electron chi connectivity index (χ2n) is 7.70. The van der Waals surface area contributed by atoms with Gasteiger partial charge in [0.15, 0.2) is 0 Å². The molecule has 3 heteroatoms. The van der Waals surface area contributed by atoms with Gasteiger partial charge in [0.25, 0.3) is 0 Å². The highest BCUT2D eigenvalue weighted by Crippen LogP contribution is 2.23. The lowest BCUT2D eigenvalue weighted by Crippen LogP contribution is -2.45. The van der Waals surface area contributed by atoms with Crippen LogP contribution < -0.4 is 5.32 Å². The number of hydrogen-bond donors (Lipinski definition) is 1. The zero-order chi connectivity index (χ0) is 15.2. The largest absolute Gasteiger partial charge is 0.317 e. The molecule has 2 aliphatic heterocycles. The van der Waals surface area contributed by atoms with Gasteiger partial charge in [0.1, 0.15) is 0 Å². The summed E-state index contributed by atoms with van der Waals surface area (Å²) in [6.07, 6.45) is 6.87. The molecule has 2 rings (SSSR count). The standard InChI is InChI=1S/C18H37N3/c1-15(2)20-12-5-6-18(9-13-20)21(16(3)4)14-17-7-10-19-11-8-17/h15-19H,5-14H2,1-4H3. The quantitative estimate of drug-likeness (QED) is 0.841. The maximum atomic E-state index is 3.50. The van der Waals surface area contributed by atoms with E-state index in [4.69, 9.17) is 0 Å². The predicted molar refractivity (Wildman–Crippen MR) is 91.8 cm³/mol. The molecule has 1 atom stereocenters. The lowest BCUT2D eigenvalue weighted by atomic mass is 9.95. The van der Waals surface area contributed by atoms with Crippen molar-refractivity contribution in [2.45, 2.75) is 77.9 Å². The number of nitrogens with zero attached hydrogens (tertiary/aromatic N) is 2. The first-order valence-corrected chi connectivity index (χ1v) is 9.28. The highest BCUT2D eigenvalue weighted by Gasteiger charge is 2.27. The third-order valence-electron chi connectivity index (χ3n) is 5.52. The summed E-state index contributed by atoms with van der Waals surface area (Å²) in [6, 6.07) is 2.21. The summed E-state index contributed by atoms with van der Waals surface area (Å²) in [5.74, 6) is 0.915. The predicted octanol–water partition coefficient (Wildman–Crippen LogP) is 2.96. The van der Waals surface area contributed by atoms with Crippen LogP contribution in [0.3, 0.4) is 0 Å². The van der Waals surface area contributed by atoms with Gasteiger partial charge in [0, 0.05) is 24.7 Å². The summed E-state index contributed by atoms with van der Waals surface area (Å²) < 4.78 is 0. The van der Waals surface area contributed by atoms with Gasteiger partial charge >= 0.3 is 0 Å². The molecule has 0 saturated carbocycles. The van der Waals surface area contributed by atoms with Crippen LogP contribution in [0.5, 0.6) is 0 Å². The first-order valence-electron chi connectivity index (χ1n) is 9.28. The Kier molecular flexibility index (Phi) is 6.97. The Morgan fingerprint density at radius 1 is 1.00 bits per heavy atom. The van der Waals surface area contributed by atoms with E-state index in [1.54, 1.807) is 0 Å². The molecule has 0 radical (unpaired) electrons. The third kappa shape index (κ3) is 5.22. The molecule has 2 saturated heterocycles. The summed E-state index contributed by atoms with van der Waals surface area (Å²) >= 11 is 0. The summed E-state index contributed by atoms with van der Waals surface area (Å²) in [4.78, 5) is 5.50. The first kappa shape index (κ1) is 17.2. The van der Waals surface area contributed by atoms with Crippen molar-refractivity contribution >= 4 is 0 Å². The Hall–Kier alpha value is -0.120. The fourth-order valence-corrected chi connectivity index (χ4v) is 4.09. The lowest BCUT2D eigenvalue weighted by Gasteiger charge is -2.38. The second-order valence-corrected chi connectivity index (χ2v) is 7.70. The number of hydrogen-bond acceptors (Lipinski definition) is 3. The Labute approximate surface area is 132 Å². The van der Waals surface area contributed by atoms with Crippen molar-refractivity contribution in [3.05, 3.63) is 0 Å². The van der Waals surface area contributed by atoms with Crippen LogP contribution in [0.4, 0.5) is 0 Å². The van der Waals surface area contributed by atoms with Crippen LogP contribution in [-0.4, -0.2) is 60.6 Å². The number of rotatable bonds is 5. The summed E-state index contributed by atoms with van der Waals surface area (Å²) in [7, 11) is 0. The molecule has 0 amide bonds. The maximum Gasteiger partial charge on any atom is 0.0111 e. The van der Waals surface area contributed by atoms with Crippen LogP contribution in [0.25, 0.3) is 0 Å². The smallest absolute Gasteiger partial charge is 0.0111 e. The Balaban J connectivity index is 1.90. The van der Waals surface area contributed by atoms with Gasteiger partial charge < -0.3 is 10.2 Å². The lowest BCUT2D eigenvalue weighted by molar-refractivity contribution is 0.104. The minimum atomic E-state index is 0.690. The molecule has 0 aliphatic carbocycles. The Morgan fingerprint density at radius 2 is 1.71 bits per heavy atom. The van der Waals surface area contributed by atoms with Gasteiger partial charge in [-0.05, 0) is 91.9 Å². The van der Waals surface area contributed by atoms with Crippen LogP contribution in [0.15, 0.2) is 0 Å². The molecular formula is C18H37N3. The van der Waals surface area contributed by atoms with Crippen molar-refractivity contribution in [3.8, 4) is 0 Å². The van der Waals surface area contributed by atoms with Crippen LogP contribution >= 0.6 is 0 Å². The van der Waals surface area contributed by atoms with Crippen molar-refractivity contribution in [1.82, 2.24) is 15.1 Å². The fourth-order valence-electron chi connectivity index (χ4n) is 4.09. The molecule has 1 N–H and O–H groups in total. The van der Waals surface area contributed by atoms with E-state index in [-0.39, 0.29) is 0 Å². The zero-order valence-corrected chi connectivity index (χ0v) is 14.8. The van der Waals surface area contributed by atoms with E-state index < -0.39 is 0 Å². The molecule has 0 bridgehead atoms. The molecule has 2 aliphatic rings. The van der Waals surface area contributed by atoms with Crippen LogP contribution in [-0.2, 0) is 0 Å². The van der Waals surface area contributed by atoms with Gasteiger partial charge in [-0.3, -0.25) is 4.90 Å². The van der Waals surface area contributed by atoms with E-state index in [1.165, 1.54) is 64.8 Å². The summed E-state index contributed by atoms with van der Waals surface area (Å²) in [6.45, 7) is 15.8. The van der Waals surface area contributed by atoms with Gasteiger partial charge in [0.2, 0.25) is 0 Å². The van der Waals surface area contributed by atoms with E-state index in [1.807, 2.05) is 0 Å². The zero-order valence-electron chi connectivity index (χ0n) is 14.8. The molecule has 2 fully saturated rings. The van der Waals surface area contributed by atoms with E-state index in [0.717, 1.165) is 12.0 Å². The van der Waals surface area contributed by atoms with Crippen molar-refractivity contribution in [2.24, 2.45) is 5.92 Å². The molecular weight excluding hydrogens is 258 g/mol. The molecule has 0 aromatic rings. The molecule has 3 nitrogen and oxygen atoms in total. The van der Waals surface area contributed by atoms with Crippen LogP contribution in [0.1, 0.15) is 59.8 Å². The number of likely N-dealkylation sites (tertiary alicyclic amines) is 1. The molecule has 0 aromatic carbocycles. The van der Waals surface area contributed by atoms with E-state index in [0.29, 0.717) is 12.1 Å². The average Bonchev–Trinajstić information content (AvgIpc) is 2.71.